The minimum Gasteiger partial charge on any atom is -0.370 e. The fraction of sp³-hybridized carbons (Fsp3) is 0.471. The minimum absolute atomic E-state index is 0.251. The van der Waals surface area contributed by atoms with Gasteiger partial charge in [-0.3, -0.25) is 0 Å². The Balaban J connectivity index is 1.52. The Morgan fingerprint density at radius 1 is 1.33 bits per heavy atom. The summed E-state index contributed by atoms with van der Waals surface area (Å²) in [5.74, 6) is 0.794. The van der Waals surface area contributed by atoms with Gasteiger partial charge >= 0.3 is 0 Å². The smallest absolute Gasteiger partial charge is 0.189 e. The third kappa shape index (κ3) is 4.78. The Morgan fingerprint density at radius 2 is 2.17 bits per heavy atom. The molecule has 0 radical (unpaired) electrons. The molecule has 3 N–H and O–H groups in total. The Labute approximate surface area is 141 Å². The Kier molecular flexibility index (Phi) is 5.40. The summed E-state index contributed by atoms with van der Waals surface area (Å²) in [6.45, 7) is 0.811. The first-order valence-electron chi connectivity index (χ1n) is 8.38. The predicted molar refractivity (Wildman–Crippen MR) is 90.9 cm³/mol. The molecule has 0 saturated heterocycles. The number of rotatable bonds is 5. The second-order valence-corrected chi connectivity index (χ2v) is 6.17. The maximum atomic E-state index is 13.2. The number of hydrogen-bond acceptors (Lipinski definition) is 3. The SMILES string of the molecule is NC(=NCc1ncn(Cc2cccc(F)c2)n1)NC1CCCCC1. The van der Waals surface area contributed by atoms with Crippen molar-refractivity contribution in [3.05, 3.63) is 47.8 Å². The van der Waals surface area contributed by atoms with Gasteiger partial charge in [0.2, 0.25) is 0 Å². The van der Waals surface area contributed by atoms with Crippen LogP contribution >= 0.6 is 0 Å². The standard InChI is InChI=1S/C17H23FN6/c18-14-6-4-5-13(9-14)11-24-12-21-16(23-24)10-20-17(19)22-15-7-2-1-3-8-15/h4-6,9,12,15H,1-3,7-8,10-11H2,(H3,19,20,22). The number of aromatic nitrogens is 3. The third-order valence-corrected chi connectivity index (χ3v) is 4.17. The van der Waals surface area contributed by atoms with E-state index in [4.69, 9.17) is 5.73 Å². The van der Waals surface area contributed by atoms with Gasteiger partial charge in [-0.25, -0.2) is 19.0 Å². The van der Waals surface area contributed by atoms with Gasteiger partial charge in [0.15, 0.2) is 11.8 Å². The second-order valence-electron chi connectivity index (χ2n) is 6.17. The van der Waals surface area contributed by atoms with Crippen LogP contribution in [0, 0.1) is 5.82 Å². The van der Waals surface area contributed by atoms with Crippen LogP contribution in [-0.4, -0.2) is 26.8 Å². The number of aliphatic imine (C=N–C) groups is 1. The molecular weight excluding hydrogens is 307 g/mol. The van der Waals surface area contributed by atoms with Crippen LogP contribution in [0.2, 0.25) is 0 Å². The molecule has 128 valence electrons. The molecular formula is C17H23FN6. The number of nitrogens with zero attached hydrogens (tertiary/aromatic N) is 4. The zero-order valence-electron chi connectivity index (χ0n) is 13.7. The average molecular weight is 330 g/mol. The van der Waals surface area contributed by atoms with E-state index in [1.807, 2.05) is 6.07 Å². The van der Waals surface area contributed by atoms with Crippen molar-refractivity contribution in [1.29, 1.82) is 0 Å². The van der Waals surface area contributed by atoms with E-state index in [0.29, 0.717) is 30.9 Å². The molecule has 1 aliphatic carbocycles. The fourth-order valence-electron chi connectivity index (χ4n) is 2.96. The molecule has 1 aliphatic rings. The number of guanidine groups is 1. The van der Waals surface area contributed by atoms with E-state index >= 15 is 0 Å². The summed E-state index contributed by atoms with van der Waals surface area (Å²) in [4.78, 5) is 8.53. The number of hydrogen-bond donors (Lipinski definition) is 2. The van der Waals surface area contributed by atoms with E-state index in [-0.39, 0.29) is 5.82 Å². The first-order valence-corrected chi connectivity index (χ1v) is 8.38. The number of halogens is 1. The van der Waals surface area contributed by atoms with E-state index in [2.05, 4.69) is 20.4 Å². The van der Waals surface area contributed by atoms with Crippen molar-refractivity contribution in [2.75, 3.05) is 0 Å². The van der Waals surface area contributed by atoms with Crippen molar-refractivity contribution >= 4 is 5.96 Å². The van der Waals surface area contributed by atoms with Crippen LogP contribution in [0.3, 0.4) is 0 Å². The molecule has 1 fully saturated rings. The molecule has 1 heterocycles. The van der Waals surface area contributed by atoms with Gasteiger partial charge in [-0.05, 0) is 30.5 Å². The summed E-state index contributed by atoms with van der Waals surface area (Å²) >= 11 is 0. The molecule has 0 spiro atoms. The highest BCUT2D eigenvalue weighted by Crippen LogP contribution is 2.17. The largest absolute Gasteiger partial charge is 0.370 e. The fourth-order valence-corrected chi connectivity index (χ4v) is 2.96. The number of nitrogens with one attached hydrogen (secondary N) is 1. The first-order chi connectivity index (χ1) is 11.7. The Hall–Kier alpha value is -2.44. The summed E-state index contributed by atoms with van der Waals surface area (Å²) in [7, 11) is 0. The zero-order valence-corrected chi connectivity index (χ0v) is 13.7. The molecule has 6 nitrogen and oxygen atoms in total. The minimum atomic E-state index is -0.251. The van der Waals surface area contributed by atoms with Gasteiger partial charge in [-0.2, -0.15) is 5.10 Å². The summed E-state index contributed by atoms with van der Waals surface area (Å²) in [6.07, 6.45) is 7.73. The van der Waals surface area contributed by atoms with Crippen molar-refractivity contribution in [3.63, 3.8) is 0 Å². The molecule has 0 bridgehead atoms. The van der Waals surface area contributed by atoms with E-state index < -0.39 is 0 Å². The lowest BCUT2D eigenvalue weighted by Crippen LogP contribution is -2.41. The molecule has 0 unspecified atom stereocenters. The topological polar surface area (TPSA) is 81.1 Å². The molecule has 2 aromatic rings. The van der Waals surface area contributed by atoms with E-state index in [1.54, 1.807) is 17.1 Å². The summed E-state index contributed by atoms with van der Waals surface area (Å²) < 4.78 is 14.9. The van der Waals surface area contributed by atoms with Gasteiger partial charge in [-0.15, -0.1) is 0 Å². The predicted octanol–water partition coefficient (Wildman–Crippen LogP) is 2.20. The summed E-state index contributed by atoms with van der Waals surface area (Å²) in [6, 6.07) is 6.89. The lowest BCUT2D eigenvalue weighted by Gasteiger charge is -2.23. The number of benzene rings is 1. The first kappa shape index (κ1) is 16.4. The molecule has 24 heavy (non-hydrogen) atoms. The third-order valence-electron chi connectivity index (χ3n) is 4.17. The molecule has 7 heteroatoms. The summed E-state index contributed by atoms with van der Waals surface area (Å²) in [5.41, 5.74) is 6.78. The molecule has 1 saturated carbocycles. The lowest BCUT2D eigenvalue weighted by atomic mass is 9.96. The molecule has 1 aromatic carbocycles. The van der Waals surface area contributed by atoms with E-state index in [0.717, 1.165) is 18.4 Å². The zero-order chi connectivity index (χ0) is 16.8. The van der Waals surface area contributed by atoms with Gasteiger partial charge in [0, 0.05) is 6.04 Å². The van der Waals surface area contributed by atoms with E-state index in [1.165, 1.54) is 31.4 Å². The van der Waals surface area contributed by atoms with Crippen molar-refractivity contribution in [2.24, 2.45) is 10.7 Å². The molecule has 0 atom stereocenters. The van der Waals surface area contributed by atoms with Gasteiger partial charge in [0.1, 0.15) is 18.7 Å². The summed E-state index contributed by atoms with van der Waals surface area (Å²) in [5, 5.41) is 7.61. The van der Waals surface area contributed by atoms with Gasteiger partial charge in [0.05, 0.1) is 6.54 Å². The van der Waals surface area contributed by atoms with Crippen LogP contribution in [0.25, 0.3) is 0 Å². The average Bonchev–Trinajstić information content (AvgIpc) is 3.01. The van der Waals surface area contributed by atoms with Crippen LogP contribution in [0.5, 0.6) is 0 Å². The molecule has 0 amide bonds. The van der Waals surface area contributed by atoms with E-state index in [9.17, 15) is 4.39 Å². The quantitative estimate of drug-likeness (QED) is 0.650. The van der Waals surface area contributed by atoms with Crippen molar-refractivity contribution in [3.8, 4) is 0 Å². The van der Waals surface area contributed by atoms with Crippen LogP contribution in [0.4, 0.5) is 4.39 Å². The monoisotopic (exact) mass is 330 g/mol. The Bertz CT molecular complexity index is 690. The maximum Gasteiger partial charge on any atom is 0.189 e. The highest BCUT2D eigenvalue weighted by Gasteiger charge is 2.13. The van der Waals surface area contributed by atoms with Crippen LogP contribution in [0.1, 0.15) is 43.5 Å². The van der Waals surface area contributed by atoms with Crippen LogP contribution < -0.4 is 11.1 Å². The molecule has 3 rings (SSSR count). The highest BCUT2D eigenvalue weighted by molar-refractivity contribution is 5.78. The second kappa shape index (κ2) is 7.90. The van der Waals surface area contributed by atoms with Gasteiger partial charge in [0.25, 0.3) is 0 Å². The van der Waals surface area contributed by atoms with Crippen molar-refractivity contribution < 1.29 is 4.39 Å². The van der Waals surface area contributed by atoms with Crippen molar-refractivity contribution in [1.82, 2.24) is 20.1 Å². The van der Waals surface area contributed by atoms with Gasteiger partial charge < -0.3 is 11.1 Å². The number of nitrogens with two attached hydrogens (primary N) is 1. The lowest BCUT2D eigenvalue weighted by molar-refractivity contribution is 0.412. The molecule has 1 aromatic heterocycles. The molecule has 0 aliphatic heterocycles. The maximum absolute atomic E-state index is 13.2. The normalized spacial score (nSPS) is 16.3. The highest BCUT2D eigenvalue weighted by atomic mass is 19.1. The Morgan fingerprint density at radius 3 is 2.96 bits per heavy atom. The van der Waals surface area contributed by atoms with Crippen molar-refractivity contribution in [2.45, 2.75) is 51.2 Å². The van der Waals surface area contributed by atoms with Crippen LogP contribution in [0.15, 0.2) is 35.6 Å². The van der Waals surface area contributed by atoms with Gasteiger partial charge in [-0.1, -0.05) is 31.4 Å². The van der Waals surface area contributed by atoms with Crippen LogP contribution in [-0.2, 0) is 13.1 Å².